The smallest absolute Gasteiger partial charge is 0.148 e. The van der Waals surface area contributed by atoms with Crippen molar-refractivity contribution in [1.29, 1.82) is 0 Å². The van der Waals surface area contributed by atoms with Crippen LogP contribution in [0.2, 0.25) is 0 Å². The summed E-state index contributed by atoms with van der Waals surface area (Å²) in [5, 5.41) is 3.13. The maximum Gasteiger partial charge on any atom is 0.148 e. The average molecular weight is 236 g/mol. The lowest BCUT2D eigenvalue weighted by Gasteiger charge is -2.16. The summed E-state index contributed by atoms with van der Waals surface area (Å²) in [7, 11) is -0.724. The Bertz CT molecular complexity index is 240. The van der Waals surface area contributed by atoms with E-state index in [1.807, 2.05) is 0 Å². The van der Waals surface area contributed by atoms with Crippen molar-refractivity contribution in [3.63, 3.8) is 0 Å². The highest BCUT2D eigenvalue weighted by molar-refractivity contribution is 7.90. The summed E-state index contributed by atoms with van der Waals surface area (Å²) >= 11 is 0. The summed E-state index contributed by atoms with van der Waals surface area (Å²) in [6, 6.07) is 0. The molecule has 0 unspecified atom stereocenters. The molecule has 15 heavy (non-hydrogen) atoms. The van der Waals surface area contributed by atoms with E-state index in [9.17, 15) is 8.42 Å². The fourth-order valence-corrected chi connectivity index (χ4v) is 1.71. The van der Waals surface area contributed by atoms with E-state index in [1.54, 1.807) is 0 Å². The van der Waals surface area contributed by atoms with Crippen LogP contribution in [-0.4, -0.2) is 58.6 Å². The topological polar surface area (TPSA) is 49.4 Å². The highest BCUT2D eigenvalue weighted by Gasteiger charge is 2.01. The van der Waals surface area contributed by atoms with Crippen LogP contribution in [0.25, 0.3) is 0 Å². The van der Waals surface area contributed by atoms with Crippen molar-refractivity contribution in [3.8, 4) is 0 Å². The van der Waals surface area contributed by atoms with Gasteiger partial charge in [-0.3, -0.25) is 0 Å². The van der Waals surface area contributed by atoms with Gasteiger partial charge in [-0.25, -0.2) is 8.42 Å². The number of rotatable bonds is 9. The molecule has 0 fully saturated rings. The molecule has 0 aromatic rings. The van der Waals surface area contributed by atoms with Gasteiger partial charge in [0.15, 0.2) is 0 Å². The number of hydrogen-bond acceptors (Lipinski definition) is 4. The largest absolute Gasteiger partial charge is 0.314 e. The Morgan fingerprint density at radius 2 is 1.87 bits per heavy atom. The van der Waals surface area contributed by atoms with Gasteiger partial charge in [-0.2, -0.15) is 0 Å². The van der Waals surface area contributed by atoms with E-state index in [1.165, 1.54) is 19.1 Å². The summed E-state index contributed by atoms with van der Waals surface area (Å²) in [5.74, 6) is 0.228. The minimum absolute atomic E-state index is 0.228. The number of likely N-dealkylation sites (N-methyl/N-ethyl adjacent to an activating group) is 1. The summed E-state index contributed by atoms with van der Waals surface area (Å²) < 4.78 is 21.6. The van der Waals surface area contributed by atoms with Crippen molar-refractivity contribution in [1.82, 2.24) is 10.2 Å². The molecule has 0 bridgehead atoms. The molecule has 0 spiro atoms. The molecule has 92 valence electrons. The molecule has 0 rings (SSSR count). The van der Waals surface area contributed by atoms with Gasteiger partial charge in [0.25, 0.3) is 0 Å². The number of sulfone groups is 1. The molecule has 0 heterocycles. The lowest BCUT2D eigenvalue weighted by molar-refractivity contribution is 0.327. The molecule has 0 saturated carbocycles. The zero-order valence-corrected chi connectivity index (χ0v) is 10.9. The van der Waals surface area contributed by atoms with Crippen LogP contribution in [0, 0.1) is 0 Å². The Morgan fingerprint density at radius 3 is 2.40 bits per heavy atom. The van der Waals surface area contributed by atoms with E-state index in [-0.39, 0.29) is 5.75 Å². The molecule has 0 saturated heterocycles. The van der Waals surface area contributed by atoms with Gasteiger partial charge in [-0.1, -0.05) is 13.3 Å². The maximum atomic E-state index is 10.8. The van der Waals surface area contributed by atoms with E-state index in [0.717, 1.165) is 19.6 Å². The van der Waals surface area contributed by atoms with E-state index >= 15 is 0 Å². The van der Waals surface area contributed by atoms with Crippen LogP contribution in [-0.2, 0) is 9.84 Å². The Hall–Kier alpha value is -0.130. The molecule has 4 nitrogen and oxygen atoms in total. The second kappa shape index (κ2) is 8.07. The monoisotopic (exact) mass is 236 g/mol. The van der Waals surface area contributed by atoms with Gasteiger partial charge in [0.2, 0.25) is 0 Å². The highest BCUT2D eigenvalue weighted by atomic mass is 32.2. The van der Waals surface area contributed by atoms with Gasteiger partial charge in [0.1, 0.15) is 9.84 Å². The van der Waals surface area contributed by atoms with Crippen LogP contribution in [0.4, 0.5) is 0 Å². The SMILES string of the molecule is CCCCN(C)CCNCCS(C)(=O)=O. The van der Waals surface area contributed by atoms with Gasteiger partial charge in [-0.15, -0.1) is 0 Å². The zero-order chi connectivity index (χ0) is 11.7. The van der Waals surface area contributed by atoms with Crippen LogP contribution in [0.3, 0.4) is 0 Å². The number of nitrogens with zero attached hydrogens (tertiary/aromatic N) is 1. The van der Waals surface area contributed by atoms with Crippen LogP contribution in [0.1, 0.15) is 19.8 Å². The Balaban J connectivity index is 3.31. The minimum atomic E-state index is -2.82. The van der Waals surface area contributed by atoms with Crippen LogP contribution < -0.4 is 5.32 Å². The fraction of sp³-hybridized carbons (Fsp3) is 1.00. The maximum absolute atomic E-state index is 10.8. The van der Waals surface area contributed by atoms with E-state index in [2.05, 4.69) is 24.2 Å². The Kier molecular flexibility index (Phi) is 8.00. The van der Waals surface area contributed by atoms with E-state index < -0.39 is 9.84 Å². The van der Waals surface area contributed by atoms with Crippen molar-refractivity contribution < 1.29 is 8.42 Å². The standard InChI is InChI=1S/C10H24N2O2S/c1-4-5-8-12(2)9-6-11-7-10-15(3,13)14/h11H,4-10H2,1-3H3. The van der Waals surface area contributed by atoms with Crippen LogP contribution in [0.15, 0.2) is 0 Å². The second-order valence-corrected chi connectivity index (χ2v) is 6.30. The normalized spacial score (nSPS) is 12.3. The number of hydrogen-bond donors (Lipinski definition) is 1. The third-order valence-corrected chi connectivity index (χ3v) is 3.16. The number of unbranched alkanes of at least 4 members (excludes halogenated alkanes) is 1. The first-order chi connectivity index (χ1) is 6.95. The zero-order valence-electron chi connectivity index (χ0n) is 10.1. The van der Waals surface area contributed by atoms with Crippen molar-refractivity contribution in [2.24, 2.45) is 0 Å². The molecule has 0 amide bonds. The van der Waals surface area contributed by atoms with Gasteiger partial charge >= 0.3 is 0 Å². The molecule has 1 N–H and O–H groups in total. The van der Waals surface area contributed by atoms with Crippen LogP contribution in [0.5, 0.6) is 0 Å². The average Bonchev–Trinajstić information content (AvgIpc) is 2.12. The Morgan fingerprint density at radius 1 is 1.20 bits per heavy atom. The Labute approximate surface area is 94.0 Å². The molecular formula is C10H24N2O2S. The molecule has 0 aromatic heterocycles. The van der Waals surface area contributed by atoms with Crippen molar-refractivity contribution in [3.05, 3.63) is 0 Å². The molecule has 0 atom stereocenters. The van der Waals surface area contributed by atoms with Gasteiger partial charge in [0, 0.05) is 25.9 Å². The predicted molar refractivity (Wildman–Crippen MR) is 65.0 cm³/mol. The molecule has 0 radical (unpaired) electrons. The van der Waals surface area contributed by atoms with Crippen molar-refractivity contribution >= 4 is 9.84 Å². The molecule has 0 aliphatic heterocycles. The summed E-state index contributed by atoms with van der Waals surface area (Å²) in [6.45, 7) is 5.68. The predicted octanol–water partition coefficient (Wildman–Crippen LogP) is 0.353. The van der Waals surface area contributed by atoms with Gasteiger partial charge in [-0.05, 0) is 20.0 Å². The second-order valence-electron chi connectivity index (χ2n) is 4.04. The molecule has 0 aliphatic rings. The third-order valence-electron chi connectivity index (χ3n) is 2.21. The lowest BCUT2D eigenvalue weighted by Crippen LogP contribution is -2.32. The molecular weight excluding hydrogens is 212 g/mol. The molecule has 0 aliphatic carbocycles. The van der Waals surface area contributed by atoms with Gasteiger partial charge < -0.3 is 10.2 Å². The highest BCUT2D eigenvalue weighted by Crippen LogP contribution is 1.90. The quantitative estimate of drug-likeness (QED) is 0.587. The van der Waals surface area contributed by atoms with E-state index in [0.29, 0.717) is 6.54 Å². The number of nitrogens with one attached hydrogen (secondary N) is 1. The minimum Gasteiger partial charge on any atom is -0.314 e. The van der Waals surface area contributed by atoms with Gasteiger partial charge in [0.05, 0.1) is 5.75 Å². The fourth-order valence-electron chi connectivity index (χ4n) is 1.19. The first kappa shape index (κ1) is 14.9. The van der Waals surface area contributed by atoms with E-state index in [4.69, 9.17) is 0 Å². The van der Waals surface area contributed by atoms with Crippen LogP contribution >= 0.6 is 0 Å². The first-order valence-corrected chi connectivity index (χ1v) is 7.58. The van der Waals surface area contributed by atoms with Crippen molar-refractivity contribution in [2.75, 3.05) is 45.2 Å². The summed E-state index contributed by atoms with van der Waals surface area (Å²) in [6.07, 6.45) is 3.70. The molecule has 0 aromatic carbocycles. The third kappa shape index (κ3) is 11.8. The summed E-state index contributed by atoms with van der Waals surface area (Å²) in [5.41, 5.74) is 0. The summed E-state index contributed by atoms with van der Waals surface area (Å²) in [4.78, 5) is 2.26. The van der Waals surface area contributed by atoms with Crippen molar-refractivity contribution in [2.45, 2.75) is 19.8 Å². The first-order valence-electron chi connectivity index (χ1n) is 5.52. The molecule has 5 heteroatoms. The lowest BCUT2D eigenvalue weighted by atomic mass is 10.3.